The monoisotopic (exact) mass is 326 g/mol. The average Bonchev–Trinajstić information content (AvgIpc) is 2.47. The molecule has 0 N–H and O–H groups in total. The van der Waals surface area contributed by atoms with Gasteiger partial charge in [0.1, 0.15) is 5.76 Å². The molecule has 0 bridgehead atoms. The van der Waals surface area contributed by atoms with Crippen molar-refractivity contribution in [3.05, 3.63) is 81.6 Å². The smallest absolute Gasteiger partial charge is 0.336 e. The molecule has 1 aromatic heterocycles. The summed E-state index contributed by atoms with van der Waals surface area (Å²) in [4.78, 5) is 11.8. The molecule has 3 aromatic rings. The zero-order chi connectivity index (χ0) is 13.9. The van der Waals surface area contributed by atoms with E-state index in [-0.39, 0.29) is 5.63 Å². The van der Waals surface area contributed by atoms with E-state index in [0.717, 1.165) is 21.2 Å². The number of halogens is 1. The second-order valence-corrected chi connectivity index (χ2v) is 5.32. The summed E-state index contributed by atoms with van der Waals surface area (Å²) in [5, 5.41) is 0. The maximum absolute atomic E-state index is 11.8. The van der Waals surface area contributed by atoms with Gasteiger partial charge in [0.05, 0.1) is 0 Å². The summed E-state index contributed by atoms with van der Waals surface area (Å²) in [6.45, 7) is 0. The SMILES string of the molecule is O=c1cc(-c2cccc(Br)c2)cc(-c2ccccc2)o1. The molecule has 3 heteroatoms. The van der Waals surface area contributed by atoms with Crippen molar-refractivity contribution in [2.45, 2.75) is 0 Å². The van der Waals surface area contributed by atoms with Gasteiger partial charge in [-0.2, -0.15) is 0 Å². The van der Waals surface area contributed by atoms with Gasteiger partial charge in [0.15, 0.2) is 0 Å². The fourth-order valence-corrected chi connectivity index (χ4v) is 2.46. The van der Waals surface area contributed by atoms with Gasteiger partial charge in [0, 0.05) is 16.1 Å². The van der Waals surface area contributed by atoms with E-state index in [4.69, 9.17) is 4.42 Å². The minimum Gasteiger partial charge on any atom is -0.423 e. The molecule has 0 aliphatic rings. The molecule has 98 valence electrons. The molecule has 3 rings (SSSR count). The Morgan fingerprint density at radius 1 is 0.750 bits per heavy atom. The summed E-state index contributed by atoms with van der Waals surface area (Å²) >= 11 is 3.44. The lowest BCUT2D eigenvalue weighted by molar-refractivity contribution is 0.526. The van der Waals surface area contributed by atoms with Gasteiger partial charge in [-0.15, -0.1) is 0 Å². The minimum absolute atomic E-state index is 0.346. The summed E-state index contributed by atoms with van der Waals surface area (Å²) in [7, 11) is 0. The Labute approximate surface area is 124 Å². The Balaban J connectivity index is 2.15. The Kier molecular flexibility index (Phi) is 3.52. The van der Waals surface area contributed by atoms with Gasteiger partial charge >= 0.3 is 5.63 Å². The van der Waals surface area contributed by atoms with Crippen molar-refractivity contribution in [2.75, 3.05) is 0 Å². The van der Waals surface area contributed by atoms with Gasteiger partial charge in [-0.3, -0.25) is 0 Å². The Morgan fingerprint density at radius 3 is 2.25 bits per heavy atom. The van der Waals surface area contributed by atoms with Crippen LogP contribution in [0.2, 0.25) is 0 Å². The van der Waals surface area contributed by atoms with Crippen molar-refractivity contribution in [3.63, 3.8) is 0 Å². The van der Waals surface area contributed by atoms with E-state index in [1.165, 1.54) is 6.07 Å². The highest BCUT2D eigenvalue weighted by Gasteiger charge is 2.06. The summed E-state index contributed by atoms with van der Waals surface area (Å²) in [6.07, 6.45) is 0. The van der Waals surface area contributed by atoms with E-state index < -0.39 is 0 Å². The van der Waals surface area contributed by atoms with Crippen LogP contribution in [0.25, 0.3) is 22.5 Å². The third kappa shape index (κ3) is 2.73. The lowest BCUT2D eigenvalue weighted by Crippen LogP contribution is -1.98. The predicted molar refractivity (Wildman–Crippen MR) is 83.6 cm³/mol. The predicted octanol–water partition coefficient (Wildman–Crippen LogP) is 4.74. The first kappa shape index (κ1) is 12.9. The van der Waals surface area contributed by atoms with Crippen LogP contribution < -0.4 is 5.63 Å². The first-order chi connectivity index (χ1) is 9.72. The van der Waals surface area contributed by atoms with E-state index in [9.17, 15) is 4.79 Å². The third-order valence-electron chi connectivity index (χ3n) is 2.99. The molecule has 0 aliphatic heterocycles. The third-order valence-corrected chi connectivity index (χ3v) is 3.48. The molecule has 2 aromatic carbocycles. The van der Waals surface area contributed by atoms with E-state index >= 15 is 0 Å². The molecule has 0 spiro atoms. The molecule has 0 saturated carbocycles. The Hall–Kier alpha value is -2.13. The molecule has 1 heterocycles. The number of benzene rings is 2. The highest BCUT2D eigenvalue weighted by atomic mass is 79.9. The lowest BCUT2D eigenvalue weighted by Gasteiger charge is -2.05. The van der Waals surface area contributed by atoms with Crippen molar-refractivity contribution in [3.8, 4) is 22.5 Å². The Bertz CT molecular complexity index is 791. The lowest BCUT2D eigenvalue weighted by atomic mass is 10.0. The highest BCUT2D eigenvalue weighted by Crippen LogP contribution is 2.26. The van der Waals surface area contributed by atoms with Crippen molar-refractivity contribution in [1.29, 1.82) is 0 Å². The van der Waals surface area contributed by atoms with Gasteiger partial charge in [-0.05, 0) is 29.3 Å². The van der Waals surface area contributed by atoms with Crippen LogP contribution in [0.3, 0.4) is 0 Å². The van der Waals surface area contributed by atoms with Gasteiger partial charge in [0.25, 0.3) is 0 Å². The summed E-state index contributed by atoms with van der Waals surface area (Å²) in [5.41, 5.74) is 2.37. The van der Waals surface area contributed by atoms with Crippen LogP contribution in [0.5, 0.6) is 0 Å². The molecule has 20 heavy (non-hydrogen) atoms. The molecule has 0 amide bonds. The van der Waals surface area contributed by atoms with Gasteiger partial charge in [-0.25, -0.2) is 4.79 Å². The van der Waals surface area contributed by atoms with E-state index in [0.29, 0.717) is 5.76 Å². The van der Waals surface area contributed by atoms with Crippen molar-refractivity contribution in [2.24, 2.45) is 0 Å². The quantitative estimate of drug-likeness (QED) is 0.681. The summed E-state index contributed by atoms with van der Waals surface area (Å²) < 4.78 is 6.26. The Morgan fingerprint density at radius 2 is 1.50 bits per heavy atom. The topological polar surface area (TPSA) is 30.2 Å². The van der Waals surface area contributed by atoms with E-state index in [2.05, 4.69) is 15.9 Å². The van der Waals surface area contributed by atoms with E-state index in [1.54, 1.807) is 0 Å². The standard InChI is InChI=1S/C17H11BrO2/c18-15-8-4-7-13(9-15)14-10-16(20-17(19)11-14)12-5-2-1-3-6-12/h1-11H. The molecular formula is C17H11BrO2. The van der Waals surface area contributed by atoms with E-state index in [1.807, 2.05) is 60.7 Å². The van der Waals surface area contributed by atoms with Crippen LogP contribution in [-0.4, -0.2) is 0 Å². The largest absolute Gasteiger partial charge is 0.423 e. The molecule has 0 saturated heterocycles. The van der Waals surface area contributed by atoms with Crippen LogP contribution in [0.15, 0.2) is 80.4 Å². The van der Waals surface area contributed by atoms with Crippen LogP contribution in [-0.2, 0) is 0 Å². The van der Waals surface area contributed by atoms with Crippen molar-refractivity contribution >= 4 is 15.9 Å². The average molecular weight is 327 g/mol. The van der Waals surface area contributed by atoms with Crippen LogP contribution in [0, 0.1) is 0 Å². The zero-order valence-corrected chi connectivity index (χ0v) is 12.1. The molecular weight excluding hydrogens is 316 g/mol. The fourth-order valence-electron chi connectivity index (χ4n) is 2.06. The molecule has 0 radical (unpaired) electrons. The van der Waals surface area contributed by atoms with Crippen LogP contribution >= 0.6 is 15.9 Å². The van der Waals surface area contributed by atoms with Crippen LogP contribution in [0.1, 0.15) is 0 Å². The summed E-state index contributed by atoms with van der Waals surface area (Å²) in [6, 6.07) is 20.8. The molecule has 0 fully saturated rings. The molecule has 0 unspecified atom stereocenters. The number of rotatable bonds is 2. The second-order valence-electron chi connectivity index (χ2n) is 4.41. The van der Waals surface area contributed by atoms with Gasteiger partial charge < -0.3 is 4.42 Å². The summed E-state index contributed by atoms with van der Waals surface area (Å²) in [5.74, 6) is 0.577. The number of hydrogen-bond donors (Lipinski definition) is 0. The normalized spacial score (nSPS) is 10.4. The van der Waals surface area contributed by atoms with Gasteiger partial charge in [-0.1, -0.05) is 58.4 Å². The van der Waals surface area contributed by atoms with Crippen molar-refractivity contribution < 1.29 is 4.42 Å². The number of hydrogen-bond acceptors (Lipinski definition) is 2. The molecule has 0 aliphatic carbocycles. The maximum atomic E-state index is 11.8. The van der Waals surface area contributed by atoms with Gasteiger partial charge in [0.2, 0.25) is 0 Å². The van der Waals surface area contributed by atoms with Crippen molar-refractivity contribution in [1.82, 2.24) is 0 Å². The highest BCUT2D eigenvalue weighted by molar-refractivity contribution is 9.10. The molecule has 2 nitrogen and oxygen atoms in total. The minimum atomic E-state index is -0.346. The first-order valence-electron chi connectivity index (χ1n) is 6.19. The zero-order valence-electron chi connectivity index (χ0n) is 10.5. The second kappa shape index (κ2) is 5.47. The fraction of sp³-hybridized carbons (Fsp3) is 0. The molecule has 0 atom stereocenters. The van der Waals surface area contributed by atoms with Crippen LogP contribution in [0.4, 0.5) is 0 Å². The maximum Gasteiger partial charge on any atom is 0.336 e. The first-order valence-corrected chi connectivity index (χ1v) is 6.98.